The molecule has 0 aliphatic heterocycles. The molecule has 3 aromatic heterocycles. The highest BCUT2D eigenvalue weighted by Crippen LogP contribution is 2.39. The number of H-pyrrole nitrogens is 1. The monoisotopic (exact) mass is 584 g/mol. The van der Waals surface area contributed by atoms with Gasteiger partial charge in [0.15, 0.2) is 5.75 Å². The Morgan fingerprint density at radius 3 is 2.31 bits per heavy atom. The second kappa shape index (κ2) is 10.8. The van der Waals surface area contributed by atoms with Crippen molar-refractivity contribution in [2.45, 2.75) is 58.9 Å². The molecule has 0 saturated carbocycles. The predicted molar refractivity (Wildman–Crippen MR) is 156 cm³/mol. The fraction of sp³-hybridized carbons (Fsp3) is 0.387. The lowest BCUT2D eigenvalue weighted by molar-refractivity contribution is -0.113. The Morgan fingerprint density at radius 2 is 1.69 bits per heavy atom. The number of halogens is 3. The van der Waals surface area contributed by atoms with E-state index in [1.54, 1.807) is 26.2 Å². The fourth-order valence-corrected chi connectivity index (χ4v) is 5.00. The van der Waals surface area contributed by atoms with Gasteiger partial charge in [0.05, 0.1) is 0 Å². The second-order valence-electron chi connectivity index (χ2n) is 11.1. The molecule has 3 heterocycles. The number of aryl methyl sites for hydroxylation is 4. The van der Waals surface area contributed by atoms with Crippen LogP contribution in [-0.2, 0) is 20.5 Å². The van der Waals surface area contributed by atoms with Crippen LogP contribution in [0.1, 0.15) is 55.7 Å². The van der Waals surface area contributed by atoms with E-state index >= 15 is 0 Å². The van der Waals surface area contributed by atoms with Crippen molar-refractivity contribution < 1.29 is 22.7 Å². The van der Waals surface area contributed by atoms with Gasteiger partial charge in [-0.25, -0.2) is 13.2 Å². The van der Waals surface area contributed by atoms with Crippen LogP contribution in [0.3, 0.4) is 0 Å². The van der Waals surface area contributed by atoms with Crippen molar-refractivity contribution in [3.8, 4) is 22.6 Å². The maximum Gasteiger partial charge on any atom is 0.293 e. The van der Waals surface area contributed by atoms with E-state index in [0.29, 0.717) is 39.8 Å². The summed E-state index contributed by atoms with van der Waals surface area (Å²) in [4.78, 5) is 43.8. The molecule has 0 fully saturated rings. The minimum Gasteiger partial charge on any atom is -0.450 e. The van der Waals surface area contributed by atoms with Crippen LogP contribution < -0.4 is 15.9 Å². The number of alkyl halides is 2. The first-order valence-corrected chi connectivity index (χ1v) is 13.6. The second-order valence-corrected chi connectivity index (χ2v) is 11.1. The van der Waals surface area contributed by atoms with E-state index in [-0.39, 0.29) is 17.0 Å². The lowest BCUT2D eigenvalue weighted by Gasteiger charge is -2.41. The van der Waals surface area contributed by atoms with Crippen molar-refractivity contribution in [1.82, 2.24) is 19.0 Å². The van der Waals surface area contributed by atoms with Crippen molar-refractivity contribution in [2.75, 3.05) is 7.05 Å². The van der Waals surface area contributed by atoms with Crippen molar-refractivity contribution in [2.24, 2.45) is 14.1 Å². The first-order chi connectivity index (χ1) is 19.5. The van der Waals surface area contributed by atoms with Crippen molar-refractivity contribution >= 4 is 16.8 Å². The third-order valence-electron chi connectivity index (χ3n) is 8.09. The molecule has 1 N–H and O–H groups in total. The number of nitrogens with one attached hydrogen (secondary N) is 1. The zero-order chi connectivity index (χ0) is 31.3. The predicted octanol–water partition coefficient (Wildman–Crippen LogP) is 5.93. The highest BCUT2D eigenvalue weighted by Gasteiger charge is 2.49. The molecule has 0 aliphatic rings. The van der Waals surface area contributed by atoms with Crippen LogP contribution in [0, 0.1) is 12.7 Å². The average molecular weight is 585 g/mol. The van der Waals surface area contributed by atoms with Crippen LogP contribution in [0.25, 0.3) is 22.0 Å². The number of benzene rings is 1. The number of carbonyl (C=O) groups is 1. The van der Waals surface area contributed by atoms with Crippen molar-refractivity contribution in [3.05, 3.63) is 80.0 Å². The molecule has 0 atom stereocenters. The number of amides is 1. The number of carbonyl (C=O) groups excluding carboxylic acids is 1. The van der Waals surface area contributed by atoms with E-state index in [9.17, 15) is 27.6 Å². The summed E-state index contributed by atoms with van der Waals surface area (Å²) in [6.07, 6.45) is 3.05. The summed E-state index contributed by atoms with van der Waals surface area (Å²) in [6, 6.07) is 5.74. The topological polar surface area (TPSA) is 89.3 Å². The van der Waals surface area contributed by atoms with Crippen LogP contribution in [-0.4, -0.2) is 43.4 Å². The summed E-state index contributed by atoms with van der Waals surface area (Å²) in [7, 11) is 4.37. The smallest absolute Gasteiger partial charge is 0.293 e. The third kappa shape index (κ3) is 5.01. The summed E-state index contributed by atoms with van der Waals surface area (Å²) in [5.41, 5.74) is -0.963. The third-order valence-corrected chi connectivity index (χ3v) is 8.09. The van der Waals surface area contributed by atoms with E-state index in [0.717, 1.165) is 4.90 Å². The molecule has 0 bridgehead atoms. The van der Waals surface area contributed by atoms with Crippen LogP contribution in [0.2, 0.25) is 0 Å². The molecule has 1 aromatic carbocycles. The molecule has 11 heteroatoms. The Kier molecular flexibility index (Phi) is 7.92. The zero-order valence-corrected chi connectivity index (χ0v) is 25.0. The number of aromatic nitrogens is 3. The Bertz CT molecular complexity index is 1820. The van der Waals surface area contributed by atoms with Gasteiger partial charge in [-0.3, -0.25) is 14.4 Å². The number of rotatable bonds is 8. The minimum atomic E-state index is -3.17. The molecule has 0 unspecified atom stereocenters. The largest absolute Gasteiger partial charge is 0.450 e. The maximum atomic E-state index is 14.7. The van der Waals surface area contributed by atoms with E-state index in [1.165, 1.54) is 68.4 Å². The number of nitrogens with zero attached hydrogens (tertiary/aromatic N) is 3. The molecular weight excluding hydrogens is 549 g/mol. The number of fused-ring (bicyclic) bond motifs is 1. The van der Waals surface area contributed by atoms with Crippen molar-refractivity contribution in [1.29, 1.82) is 0 Å². The Labute approximate surface area is 241 Å². The zero-order valence-electron chi connectivity index (χ0n) is 25.0. The normalized spacial score (nSPS) is 12.2. The summed E-state index contributed by atoms with van der Waals surface area (Å²) in [6.45, 7) is 7.44. The number of ether oxygens (including phenoxy) is 1. The standard InChI is InChI=1S/C31H35F3N4O4/c1-9-18-14-19(32)13-17(3)25(18)42-26-20(11-12-36(6)29(26)41)22-16-37(7)28(40)24-21(22)15-23(35-24)27(39)38(8)30(4,5)31(33,34)10-2/h11-16,35H,9-10H2,1-8H3. The first-order valence-electron chi connectivity index (χ1n) is 13.6. The summed E-state index contributed by atoms with van der Waals surface area (Å²) < 4.78 is 52.5. The molecule has 0 radical (unpaired) electrons. The van der Waals surface area contributed by atoms with Gasteiger partial charge in [0.1, 0.15) is 28.3 Å². The van der Waals surface area contributed by atoms with Gasteiger partial charge >= 0.3 is 0 Å². The molecule has 4 rings (SSSR count). The van der Waals surface area contributed by atoms with Crippen molar-refractivity contribution in [3.63, 3.8) is 0 Å². The molecule has 0 spiro atoms. The van der Waals surface area contributed by atoms with Crippen LogP contribution in [0.5, 0.6) is 11.5 Å². The van der Waals surface area contributed by atoms with Crippen LogP contribution in [0.4, 0.5) is 13.2 Å². The van der Waals surface area contributed by atoms with Gasteiger partial charge < -0.3 is 23.8 Å². The van der Waals surface area contributed by atoms with Gasteiger partial charge in [0.25, 0.3) is 22.9 Å². The number of pyridine rings is 2. The molecule has 224 valence electrons. The van der Waals surface area contributed by atoms with E-state index in [1.807, 2.05) is 6.92 Å². The number of aromatic amines is 1. The maximum absolute atomic E-state index is 14.7. The Morgan fingerprint density at radius 1 is 1.02 bits per heavy atom. The van der Waals surface area contributed by atoms with E-state index < -0.39 is 40.7 Å². The fourth-order valence-electron chi connectivity index (χ4n) is 5.00. The SMILES string of the molecule is CCc1cc(F)cc(C)c1Oc1c(-c2cn(C)c(=O)c3[nH]c(C(=O)N(C)C(C)(C)C(F)(F)CC)cc23)ccn(C)c1=O. The van der Waals surface area contributed by atoms with Crippen LogP contribution >= 0.6 is 0 Å². The van der Waals surface area contributed by atoms with E-state index in [2.05, 4.69) is 4.98 Å². The average Bonchev–Trinajstić information content (AvgIpc) is 3.39. The minimum absolute atomic E-state index is 0.0562. The van der Waals surface area contributed by atoms with Gasteiger partial charge in [0.2, 0.25) is 0 Å². The number of hydrogen-bond acceptors (Lipinski definition) is 4. The van der Waals surface area contributed by atoms with Gasteiger partial charge in [-0.05, 0) is 62.6 Å². The van der Waals surface area contributed by atoms with Gasteiger partial charge in [-0.15, -0.1) is 0 Å². The molecule has 1 amide bonds. The van der Waals surface area contributed by atoms with E-state index in [4.69, 9.17) is 4.74 Å². The van der Waals surface area contributed by atoms with Crippen LogP contribution in [0.15, 0.2) is 46.2 Å². The lowest BCUT2D eigenvalue weighted by atomic mass is 9.92. The summed E-state index contributed by atoms with van der Waals surface area (Å²) in [5, 5.41) is 0.305. The summed E-state index contributed by atoms with van der Waals surface area (Å²) in [5.74, 6) is -4.04. The molecule has 42 heavy (non-hydrogen) atoms. The Balaban J connectivity index is 1.94. The first kappa shape index (κ1) is 30.7. The highest BCUT2D eigenvalue weighted by molar-refractivity contribution is 6.03. The molecular formula is C31H35F3N4O4. The molecule has 4 aromatic rings. The quantitative estimate of drug-likeness (QED) is 0.278. The molecule has 0 saturated heterocycles. The lowest BCUT2D eigenvalue weighted by Crippen LogP contribution is -2.56. The number of hydrogen-bond donors (Lipinski definition) is 1. The van der Waals surface area contributed by atoms with Gasteiger partial charge in [-0.1, -0.05) is 13.8 Å². The van der Waals surface area contributed by atoms with Gasteiger partial charge in [0, 0.05) is 56.5 Å². The molecule has 8 nitrogen and oxygen atoms in total. The highest BCUT2D eigenvalue weighted by atomic mass is 19.3. The van der Waals surface area contributed by atoms with Gasteiger partial charge in [-0.2, -0.15) is 0 Å². The molecule has 0 aliphatic carbocycles. The summed E-state index contributed by atoms with van der Waals surface area (Å²) >= 11 is 0. The Hall–Kier alpha value is -4.28.